The molecular formula is C66H36. The molecule has 16 aromatic rings. The van der Waals surface area contributed by atoms with E-state index < -0.39 is 0 Å². The lowest BCUT2D eigenvalue weighted by Gasteiger charge is -2.18. The average molecular weight is 829 g/mol. The first-order valence-corrected chi connectivity index (χ1v) is 23.1. The molecule has 0 aliphatic carbocycles. The molecule has 0 N–H and O–H groups in total. The van der Waals surface area contributed by atoms with Crippen molar-refractivity contribution in [1.29, 1.82) is 0 Å². The summed E-state index contributed by atoms with van der Waals surface area (Å²) < 4.78 is 0. The largest absolute Gasteiger partial charge is 0.0610 e. The highest BCUT2D eigenvalue weighted by atomic mass is 14.2. The van der Waals surface area contributed by atoms with Crippen LogP contribution in [0.5, 0.6) is 0 Å². The molecule has 0 aromatic heterocycles. The minimum absolute atomic E-state index is 1.24. The zero-order chi connectivity index (χ0) is 42.8. The molecular weight excluding hydrogens is 793 g/mol. The molecule has 0 spiro atoms. The van der Waals surface area contributed by atoms with Crippen LogP contribution in [0.2, 0.25) is 0 Å². The molecule has 66 heavy (non-hydrogen) atoms. The molecule has 0 heterocycles. The maximum absolute atomic E-state index is 2.47. The quantitative estimate of drug-likeness (QED) is 0.156. The van der Waals surface area contributed by atoms with E-state index in [4.69, 9.17) is 0 Å². The van der Waals surface area contributed by atoms with Crippen molar-refractivity contribution in [2.45, 2.75) is 0 Å². The van der Waals surface area contributed by atoms with Gasteiger partial charge in [0.25, 0.3) is 0 Å². The number of hydrogen-bond donors (Lipinski definition) is 0. The highest BCUT2D eigenvalue weighted by Gasteiger charge is 2.19. The molecule has 0 radical (unpaired) electrons. The van der Waals surface area contributed by atoms with Crippen LogP contribution >= 0.6 is 0 Å². The molecule has 0 unspecified atom stereocenters. The van der Waals surface area contributed by atoms with Gasteiger partial charge in [0.2, 0.25) is 0 Å². The first-order valence-electron chi connectivity index (χ1n) is 23.1. The second kappa shape index (κ2) is 12.6. The van der Waals surface area contributed by atoms with Crippen LogP contribution in [0.25, 0.3) is 163 Å². The number of rotatable bonds is 3. The van der Waals surface area contributed by atoms with E-state index in [0.29, 0.717) is 0 Å². The molecule has 16 rings (SSSR count). The highest BCUT2D eigenvalue weighted by Crippen LogP contribution is 2.46. The average Bonchev–Trinajstić information content (AvgIpc) is 3.38. The molecule has 0 saturated carbocycles. The lowest BCUT2D eigenvalue weighted by atomic mass is 9.85. The summed E-state index contributed by atoms with van der Waals surface area (Å²) in [5.41, 5.74) is 7.51. The number of fused-ring (bicyclic) bond motifs is 6. The minimum Gasteiger partial charge on any atom is -0.0610 e. The molecule has 0 saturated heterocycles. The standard InChI is InChI=1S/C66H36/c1-4-37-10-13-43-16-25-49(55-31-19-40(7-1)61(37)64(43)55)46-22-28-52-58(34-46)53-29-23-47(50-26-17-44-14-11-38-5-2-8-41-20-32-56(50)65(44)62(38)41)36-60(53)54-30-24-48(35-59(52)54)51-27-18-45-15-12-39-6-3-9-42-21-33-57(51)66(45)63(39)42/h1-36H. The van der Waals surface area contributed by atoms with Crippen molar-refractivity contribution in [3.05, 3.63) is 218 Å². The van der Waals surface area contributed by atoms with Crippen molar-refractivity contribution < 1.29 is 0 Å². The Morgan fingerprint density at radius 2 is 0.379 bits per heavy atom. The van der Waals surface area contributed by atoms with Gasteiger partial charge in [-0.05, 0) is 181 Å². The molecule has 0 amide bonds. The highest BCUT2D eigenvalue weighted by molar-refractivity contribution is 6.31. The summed E-state index contributed by atoms with van der Waals surface area (Å²) in [7, 11) is 0. The Balaban J connectivity index is 0.975. The molecule has 0 nitrogen and oxygen atoms in total. The van der Waals surface area contributed by atoms with Crippen LogP contribution in [-0.4, -0.2) is 0 Å². The van der Waals surface area contributed by atoms with Crippen LogP contribution in [-0.2, 0) is 0 Å². The van der Waals surface area contributed by atoms with Gasteiger partial charge in [-0.2, -0.15) is 0 Å². The molecule has 0 heteroatoms. The second-order valence-electron chi connectivity index (χ2n) is 18.7. The number of hydrogen-bond acceptors (Lipinski definition) is 0. The molecule has 0 bridgehead atoms. The fourth-order valence-corrected chi connectivity index (χ4v) is 12.5. The van der Waals surface area contributed by atoms with E-state index in [1.165, 1.54) is 163 Å². The Morgan fingerprint density at radius 3 is 0.667 bits per heavy atom. The van der Waals surface area contributed by atoms with Gasteiger partial charge in [0.15, 0.2) is 0 Å². The van der Waals surface area contributed by atoms with E-state index in [0.717, 1.165) is 0 Å². The zero-order valence-electron chi connectivity index (χ0n) is 35.8. The summed E-state index contributed by atoms with van der Waals surface area (Å²) in [6.07, 6.45) is 0. The van der Waals surface area contributed by atoms with Crippen molar-refractivity contribution in [2.24, 2.45) is 0 Å². The fourth-order valence-electron chi connectivity index (χ4n) is 12.5. The molecule has 0 fully saturated rings. The summed E-state index contributed by atoms with van der Waals surface area (Å²) in [6.45, 7) is 0. The summed E-state index contributed by atoms with van der Waals surface area (Å²) in [5.74, 6) is 0. The molecule has 0 atom stereocenters. The third-order valence-corrected chi connectivity index (χ3v) is 15.4. The van der Waals surface area contributed by atoms with Crippen molar-refractivity contribution >= 4 is 129 Å². The van der Waals surface area contributed by atoms with Gasteiger partial charge >= 0.3 is 0 Å². The van der Waals surface area contributed by atoms with Crippen molar-refractivity contribution in [2.75, 3.05) is 0 Å². The predicted molar refractivity (Wildman–Crippen MR) is 286 cm³/mol. The van der Waals surface area contributed by atoms with Gasteiger partial charge in [-0.1, -0.05) is 200 Å². The van der Waals surface area contributed by atoms with Gasteiger partial charge in [0.1, 0.15) is 0 Å². The van der Waals surface area contributed by atoms with Gasteiger partial charge in [0.05, 0.1) is 0 Å². The molecule has 0 aliphatic heterocycles. The first-order chi connectivity index (χ1) is 32.7. The summed E-state index contributed by atoms with van der Waals surface area (Å²) in [6, 6.07) is 83.2. The second-order valence-corrected chi connectivity index (χ2v) is 18.7. The third kappa shape index (κ3) is 4.57. The summed E-state index contributed by atoms with van der Waals surface area (Å²) in [4.78, 5) is 0. The van der Waals surface area contributed by atoms with Crippen LogP contribution in [0, 0.1) is 0 Å². The lowest BCUT2D eigenvalue weighted by Crippen LogP contribution is -1.91. The van der Waals surface area contributed by atoms with Crippen molar-refractivity contribution in [1.82, 2.24) is 0 Å². The molecule has 0 aliphatic rings. The van der Waals surface area contributed by atoms with Crippen LogP contribution < -0.4 is 0 Å². The topological polar surface area (TPSA) is 0 Å². The van der Waals surface area contributed by atoms with Gasteiger partial charge in [0, 0.05) is 0 Å². The summed E-state index contributed by atoms with van der Waals surface area (Å²) in [5, 5.41) is 31.2. The van der Waals surface area contributed by atoms with Crippen LogP contribution in [0.4, 0.5) is 0 Å². The predicted octanol–water partition coefficient (Wildman–Crippen LogP) is 18.8. The maximum atomic E-state index is 2.47. The van der Waals surface area contributed by atoms with E-state index in [2.05, 4.69) is 218 Å². The first kappa shape index (κ1) is 34.9. The van der Waals surface area contributed by atoms with E-state index >= 15 is 0 Å². The Hall–Kier alpha value is -8.58. The maximum Gasteiger partial charge on any atom is -0.00206 e. The molecule has 16 aromatic carbocycles. The van der Waals surface area contributed by atoms with Crippen LogP contribution in [0.3, 0.4) is 0 Å². The van der Waals surface area contributed by atoms with Crippen molar-refractivity contribution in [3.63, 3.8) is 0 Å². The van der Waals surface area contributed by atoms with Gasteiger partial charge in [-0.25, -0.2) is 0 Å². The van der Waals surface area contributed by atoms with Gasteiger partial charge in [-0.15, -0.1) is 0 Å². The van der Waals surface area contributed by atoms with E-state index in [1.54, 1.807) is 0 Å². The Kier molecular flexibility index (Phi) is 6.64. The van der Waals surface area contributed by atoms with Crippen LogP contribution in [0.15, 0.2) is 218 Å². The van der Waals surface area contributed by atoms with Crippen molar-refractivity contribution in [3.8, 4) is 33.4 Å². The van der Waals surface area contributed by atoms with E-state index in [1.807, 2.05) is 0 Å². The van der Waals surface area contributed by atoms with Gasteiger partial charge < -0.3 is 0 Å². The van der Waals surface area contributed by atoms with Gasteiger partial charge in [-0.3, -0.25) is 0 Å². The lowest BCUT2D eigenvalue weighted by molar-refractivity contribution is 1.69. The monoisotopic (exact) mass is 828 g/mol. The fraction of sp³-hybridized carbons (Fsp3) is 0. The normalized spacial score (nSPS) is 12.5. The van der Waals surface area contributed by atoms with E-state index in [9.17, 15) is 0 Å². The Morgan fingerprint density at radius 1 is 0.152 bits per heavy atom. The smallest absolute Gasteiger partial charge is 0.00206 e. The zero-order valence-corrected chi connectivity index (χ0v) is 35.8. The molecule has 300 valence electrons. The Bertz CT molecular complexity index is 4180. The number of benzene rings is 16. The Labute approximate surface area is 379 Å². The SMILES string of the molecule is c1cc2ccc3ccc(-c4ccc5c(c4)c4ccc(-c6ccc7ccc8cccc9ccc6c7c89)cc4c4ccc(-c6ccc7ccc8cccc9ccc6c7c89)cc54)c4ccc(c1)c2c34. The summed E-state index contributed by atoms with van der Waals surface area (Å²) >= 11 is 0. The van der Waals surface area contributed by atoms with E-state index in [-0.39, 0.29) is 0 Å². The van der Waals surface area contributed by atoms with Crippen LogP contribution in [0.1, 0.15) is 0 Å². The third-order valence-electron chi connectivity index (χ3n) is 15.4. The minimum atomic E-state index is 1.24.